The van der Waals surface area contributed by atoms with E-state index in [4.69, 9.17) is 4.74 Å². The van der Waals surface area contributed by atoms with E-state index in [9.17, 15) is 9.90 Å². The Hall–Kier alpha value is -2.82. The Labute approximate surface area is 127 Å². The maximum atomic E-state index is 11.1. The number of rotatable bonds is 4. The van der Waals surface area contributed by atoms with Gasteiger partial charge in [-0.25, -0.2) is 4.68 Å². The number of benzene rings is 2. The predicted molar refractivity (Wildman–Crippen MR) is 81.0 cm³/mol. The maximum Gasteiger partial charge on any atom is 0.133 e. The number of aliphatic carboxylic acids is 1. The molecule has 1 heterocycles. The molecule has 3 aromatic rings. The van der Waals surface area contributed by atoms with E-state index in [1.165, 1.54) is 7.11 Å². The van der Waals surface area contributed by atoms with E-state index in [-0.39, 0.29) is 0 Å². The quantitative estimate of drug-likeness (QED) is 0.737. The summed E-state index contributed by atoms with van der Waals surface area (Å²) < 4.78 is 7.23. The summed E-state index contributed by atoms with van der Waals surface area (Å²) in [5.74, 6) is -1.36. The lowest BCUT2D eigenvalue weighted by molar-refractivity contribution is -0.307. The summed E-state index contributed by atoms with van der Waals surface area (Å²) in [6, 6.07) is 13.3. The first-order valence-electron chi connectivity index (χ1n) is 6.94. The molecule has 3 rings (SSSR count). The smallest absolute Gasteiger partial charge is 0.133 e. The van der Waals surface area contributed by atoms with Crippen molar-refractivity contribution in [3.63, 3.8) is 0 Å². The zero-order valence-corrected chi connectivity index (χ0v) is 12.3. The molecular weight excluding hydrogens is 280 g/mol. The molecule has 0 N–H and O–H groups in total. The van der Waals surface area contributed by atoms with Crippen molar-refractivity contribution in [2.24, 2.45) is 0 Å². The Bertz CT molecular complexity index is 825. The number of hydrogen-bond donors (Lipinski definition) is 0. The lowest BCUT2D eigenvalue weighted by Crippen LogP contribution is -2.28. The van der Waals surface area contributed by atoms with Gasteiger partial charge in [-0.3, -0.25) is 0 Å². The van der Waals surface area contributed by atoms with Crippen molar-refractivity contribution >= 4 is 16.9 Å². The highest BCUT2D eigenvalue weighted by atomic mass is 16.5. The third-order valence-electron chi connectivity index (χ3n) is 3.76. The molecule has 1 atom stereocenters. The molecule has 0 spiro atoms. The van der Waals surface area contributed by atoms with Crippen LogP contribution in [0.25, 0.3) is 16.6 Å². The van der Waals surface area contributed by atoms with E-state index in [0.717, 1.165) is 16.6 Å². The maximum absolute atomic E-state index is 11.1. The van der Waals surface area contributed by atoms with Crippen molar-refractivity contribution < 1.29 is 14.6 Å². The Kier molecular flexibility index (Phi) is 3.55. The van der Waals surface area contributed by atoms with Crippen LogP contribution < -0.4 is 9.84 Å². The van der Waals surface area contributed by atoms with Crippen molar-refractivity contribution in [3.05, 3.63) is 54.2 Å². The predicted octanol–water partition coefficient (Wildman–Crippen LogP) is 1.89. The van der Waals surface area contributed by atoms with Gasteiger partial charge in [-0.2, -0.15) is 5.10 Å². The van der Waals surface area contributed by atoms with E-state index >= 15 is 0 Å². The van der Waals surface area contributed by atoms with Gasteiger partial charge in [0, 0.05) is 17.5 Å². The van der Waals surface area contributed by atoms with Crippen LogP contribution in [0.4, 0.5) is 0 Å². The van der Waals surface area contributed by atoms with Crippen molar-refractivity contribution in [3.8, 4) is 11.4 Å². The van der Waals surface area contributed by atoms with Crippen LogP contribution in [0, 0.1) is 0 Å². The summed E-state index contributed by atoms with van der Waals surface area (Å²) in [6.45, 7) is 1.58. The molecule has 1 aromatic heterocycles. The van der Waals surface area contributed by atoms with Crippen molar-refractivity contribution in [1.29, 1.82) is 0 Å². The average Bonchev–Trinajstić information content (AvgIpc) is 2.98. The number of fused-ring (bicyclic) bond motifs is 1. The SMILES string of the molecule is COc1c(C(C)C(=O)[O-])ccc2c1cnn2-c1ccccc1. The first-order chi connectivity index (χ1) is 10.6. The van der Waals surface area contributed by atoms with Crippen LogP contribution in [0.2, 0.25) is 0 Å². The molecule has 0 saturated carbocycles. The first kappa shape index (κ1) is 14.1. The van der Waals surface area contributed by atoms with Gasteiger partial charge in [-0.1, -0.05) is 31.2 Å². The first-order valence-corrected chi connectivity index (χ1v) is 6.94. The number of methoxy groups -OCH3 is 1. The van der Waals surface area contributed by atoms with Gasteiger partial charge in [-0.05, 0) is 18.2 Å². The topological polar surface area (TPSA) is 67.2 Å². The van der Waals surface area contributed by atoms with E-state index in [0.29, 0.717) is 11.3 Å². The van der Waals surface area contributed by atoms with Crippen LogP contribution in [0.1, 0.15) is 18.4 Å². The van der Waals surface area contributed by atoms with Gasteiger partial charge in [0.25, 0.3) is 0 Å². The van der Waals surface area contributed by atoms with Crippen LogP contribution >= 0.6 is 0 Å². The van der Waals surface area contributed by atoms with Gasteiger partial charge >= 0.3 is 0 Å². The third-order valence-corrected chi connectivity index (χ3v) is 3.76. The Morgan fingerprint density at radius 1 is 1.23 bits per heavy atom. The standard InChI is InChI=1S/C17H16N2O3/c1-11(17(20)21)13-8-9-15-14(16(13)22-2)10-18-19(15)12-6-4-3-5-7-12/h3-11H,1-2H3,(H,20,21)/p-1. The minimum absolute atomic E-state index is 0.524. The summed E-state index contributed by atoms with van der Waals surface area (Å²) >= 11 is 0. The van der Waals surface area contributed by atoms with Crippen LogP contribution in [0.5, 0.6) is 5.75 Å². The summed E-state index contributed by atoms with van der Waals surface area (Å²) in [4.78, 5) is 11.1. The molecule has 5 heteroatoms. The van der Waals surface area contributed by atoms with E-state index < -0.39 is 11.9 Å². The van der Waals surface area contributed by atoms with E-state index in [2.05, 4.69) is 5.10 Å². The average molecular weight is 295 g/mol. The normalized spacial score (nSPS) is 12.3. The molecule has 2 aromatic carbocycles. The number of hydrogen-bond acceptors (Lipinski definition) is 4. The lowest BCUT2D eigenvalue weighted by atomic mass is 9.98. The lowest BCUT2D eigenvalue weighted by Gasteiger charge is -2.17. The fourth-order valence-electron chi connectivity index (χ4n) is 2.56. The third kappa shape index (κ3) is 2.20. The summed E-state index contributed by atoms with van der Waals surface area (Å²) in [5.41, 5.74) is 2.38. The number of para-hydroxylation sites is 1. The molecule has 5 nitrogen and oxygen atoms in total. The number of aromatic nitrogens is 2. The highest BCUT2D eigenvalue weighted by Crippen LogP contribution is 2.34. The minimum atomic E-state index is -1.13. The Morgan fingerprint density at radius 3 is 2.59 bits per heavy atom. The van der Waals surface area contributed by atoms with Crippen molar-refractivity contribution in [1.82, 2.24) is 9.78 Å². The Morgan fingerprint density at radius 2 is 1.95 bits per heavy atom. The number of carboxylic acid groups (broad SMARTS) is 1. The number of carbonyl (C=O) groups is 1. The molecule has 112 valence electrons. The van der Waals surface area contributed by atoms with Crippen LogP contribution in [-0.2, 0) is 4.79 Å². The summed E-state index contributed by atoms with van der Waals surface area (Å²) in [6.07, 6.45) is 1.69. The second-order valence-corrected chi connectivity index (χ2v) is 5.05. The number of ether oxygens (including phenoxy) is 1. The van der Waals surface area contributed by atoms with Gasteiger partial charge in [-0.15, -0.1) is 0 Å². The molecule has 1 unspecified atom stereocenters. The molecule has 0 saturated heterocycles. The number of carboxylic acids is 1. The summed E-state index contributed by atoms with van der Waals surface area (Å²) in [7, 11) is 1.53. The molecule has 22 heavy (non-hydrogen) atoms. The highest BCUT2D eigenvalue weighted by molar-refractivity contribution is 5.90. The number of carbonyl (C=O) groups excluding carboxylic acids is 1. The zero-order valence-electron chi connectivity index (χ0n) is 12.3. The zero-order chi connectivity index (χ0) is 15.7. The van der Waals surface area contributed by atoms with E-state index in [1.54, 1.807) is 23.9 Å². The van der Waals surface area contributed by atoms with Crippen LogP contribution in [-0.4, -0.2) is 22.9 Å². The molecule has 0 amide bonds. The summed E-state index contributed by atoms with van der Waals surface area (Å²) in [5, 5.41) is 16.3. The van der Waals surface area contributed by atoms with Crippen molar-refractivity contribution in [2.75, 3.05) is 7.11 Å². The van der Waals surface area contributed by atoms with Crippen molar-refractivity contribution in [2.45, 2.75) is 12.8 Å². The molecule has 0 radical (unpaired) electrons. The molecule has 0 bridgehead atoms. The molecule has 0 aliphatic heterocycles. The monoisotopic (exact) mass is 295 g/mol. The highest BCUT2D eigenvalue weighted by Gasteiger charge is 2.17. The second-order valence-electron chi connectivity index (χ2n) is 5.05. The minimum Gasteiger partial charge on any atom is -0.550 e. The fourth-order valence-corrected chi connectivity index (χ4v) is 2.56. The van der Waals surface area contributed by atoms with Crippen LogP contribution in [0.15, 0.2) is 48.7 Å². The van der Waals surface area contributed by atoms with Gasteiger partial charge < -0.3 is 14.6 Å². The molecular formula is C17H15N2O3-. The Balaban J connectivity index is 2.21. The van der Waals surface area contributed by atoms with Gasteiger partial charge in [0.2, 0.25) is 0 Å². The second kappa shape index (κ2) is 5.52. The number of nitrogens with zero attached hydrogens (tertiary/aromatic N) is 2. The fraction of sp³-hybridized carbons (Fsp3) is 0.176. The largest absolute Gasteiger partial charge is 0.550 e. The van der Waals surface area contributed by atoms with Gasteiger partial charge in [0.05, 0.1) is 29.9 Å². The molecule has 0 aliphatic rings. The molecule has 0 aliphatic carbocycles. The van der Waals surface area contributed by atoms with Gasteiger partial charge in [0.15, 0.2) is 0 Å². The molecule has 0 fully saturated rings. The van der Waals surface area contributed by atoms with Gasteiger partial charge in [0.1, 0.15) is 5.75 Å². The van der Waals surface area contributed by atoms with Crippen LogP contribution in [0.3, 0.4) is 0 Å². The van der Waals surface area contributed by atoms with E-state index in [1.807, 2.05) is 36.4 Å².